The van der Waals surface area contributed by atoms with E-state index in [0.717, 1.165) is 19.4 Å². The Bertz CT molecular complexity index is 394. The van der Waals surface area contributed by atoms with Gasteiger partial charge in [0, 0.05) is 13.6 Å². The number of aliphatic carboxylic acids is 1. The number of allylic oxidation sites excluding steroid dienone is 2. The summed E-state index contributed by atoms with van der Waals surface area (Å²) in [7, 11) is 3.65. The molecule has 19 heavy (non-hydrogen) atoms. The van der Waals surface area contributed by atoms with Crippen LogP contribution in [0.4, 0.5) is 0 Å². The first-order chi connectivity index (χ1) is 9.06. The van der Waals surface area contributed by atoms with Gasteiger partial charge in [-0.25, -0.2) is 0 Å². The average molecular weight is 266 g/mol. The Labute approximate surface area is 113 Å². The molecule has 0 aliphatic heterocycles. The highest BCUT2D eigenvalue weighted by Crippen LogP contribution is 2.48. The zero-order chi connectivity index (χ0) is 14.0. The van der Waals surface area contributed by atoms with Gasteiger partial charge in [-0.05, 0) is 38.3 Å². The van der Waals surface area contributed by atoms with Crippen molar-refractivity contribution in [2.24, 2.45) is 23.7 Å². The second-order valence-electron chi connectivity index (χ2n) is 5.56. The Kier molecular flexibility index (Phi) is 4.24. The summed E-state index contributed by atoms with van der Waals surface area (Å²) in [5, 5.41) is 12.4. The van der Waals surface area contributed by atoms with E-state index >= 15 is 0 Å². The van der Waals surface area contributed by atoms with Gasteiger partial charge in [0.05, 0.1) is 11.8 Å². The van der Waals surface area contributed by atoms with Crippen molar-refractivity contribution in [3.8, 4) is 0 Å². The Morgan fingerprint density at radius 1 is 1.32 bits per heavy atom. The van der Waals surface area contributed by atoms with Crippen LogP contribution in [0.5, 0.6) is 0 Å². The maximum Gasteiger partial charge on any atom is 0.307 e. The van der Waals surface area contributed by atoms with Crippen LogP contribution >= 0.6 is 0 Å². The van der Waals surface area contributed by atoms with E-state index < -0.39 is 11.9 Å². The van der Waals surface area contributed by atoms with Gasteiger partial charge in [-0.15, -0.1) is 0 Å². The van der Waals surface area contributed by atoms with Crippen LogP contribution in [0.1, 0.15) is 12.8 Å². The number of nitrogens with one attached hydrogen (secondary N) is 1. The molecule has 1 fully saturated rings. The van der Waals surface area contributed by atoms with Crippen molar-refractivity contribution in [2.75, 3.05) is 27.2 Å². The molecule has 0 heterocycles. The summed E-state index contributed by atoms with van der Waals surface area (Å²) in [6, 6.07) is 0. The highest BCUT2D eigenvalue weighted by atomic mass is 16.4. The number of carboxylic acids is 1. The lowest BCUT2D eigenvalue weighted by atomic mass is 9.82. The largest absolute Gasteiger partial charge is 0.481 e. The number of hydrogen-bond acceptors (Lipinski definition) is 3. The van der Waals surface area contributed by atoms with Crippen molar-refractivity contribution < 1.29 is 14.7 Å². The molecule has 2 rings (SSSR count). The van der Waals surface area contributed by atoms with Gasteiger partial charge in [-0.2, -0.15) is 0 Å². The van der Waals surface area contributed by atoms with E-state index in [4.69, 9.17) is 0 Å². The van der Waals surface area contributed by atoms with Gasteiger partial charge in [0.1, 0.15) is 0 Å². The first-order valence-corrected chi connectivity index (χ1v) is 6.87. The molecule has 106 valence electrons. The second kappa shape index (κ2) is 5.74. The maximum absolute atomic E-state index is 12.5. The first kappa shape index (κ1) is 14.1. The third-order valence-corrected chi connectivity index (χ3v) is 4.33. The van der Waals surface area contributed by atoms with E-state index in [1.165, 1.54) is 0 Å². The molecule has 5 nitrogen and oxygen atoms in total. The van der Waals surface area contributed by atoms with Crippen molar-refractivity contribution in [3.63, 3.8) is 0 Å². The van der Waals surface area contributed by atoms with Gasteiger partial charge in [-0.1, -0.05) is 12.2 Å². The number of rotatable bonds is 6. The number of nitrogens with zero attached hydrogens (tertiary/aromatic N) is 1. The van der Waals surface area contributed by atoms with E-state index in [1.54, 1.807) is 11.9 Å². The number of carbonyl (C=O) groups is 2. The molecular formula is C14H22N2O3. The highest BCUT2D eigenvalue weighted by molar-refractivity contribution is 5.86. The van der Waals surface area contributed by atoms with Gasteiger partial charge >= 0.3 is 5.97 Å². The van der Waals surface area contributed by atoms with Crippen molar-refractivity contribution in [1.29, 1.82) is 0 Å². The fourth-order valence-electron chi connectivity index (χ4n) is 3.35. The molecule has 0 radical (unpaired) electrons. The Balaban J connectivity index is 2.01. The Hall–Kier alpha value is -1.36. The smallest absolute Gasteiger partial charge is 0.307 e. The molecule has 0 aromatic heterocycles. The van der Waals surface area contributed by atoms with Crippen LogP contribution in [0.25, 0.3) is 0 Å². The van der Waals surface area contributed by atoms with Gasteiger partial charge in [0.15, 0.2) is 0 Å². The summed E-state index contributed by atoms with van der Waals surface area (Å²) >= 11 is 0. The lowest BCUT2D eigenvalue weighted by Gasteiger charge is -2.28. The molecule has 2 bridgehead atoms. The predicted octanol–water partition coefficient (Wildman–Crippen LogP) is 0.577. The predicted molar refractivity (Wildman–Crippen MR) is 71.5 cm³/mol. The van der Waals surface area contributed by atoms with Crippen LogP contribution in [0.15, 0.2) is 12.2 Å². The van der Waals surface area contributed by atoms with E-state index in [1.807, 2.05) is 19.2 Å². The minimum absolute atomic E-state index is 0.0136. The molecule has 2 aliphatic rings. The number of hydrogen-bond donors (Lipinski definition) is 2. The van der Waals surface area contributed by atoms with Gasteiger partial charge in [0.2, 0.25) is 5.91 Å². The van der Waals surface area contributed by atoms with Crippen molar-refractivity contribution in [3.05, 3.63) is 12.2 Å². The topological polar surface area (TPSA) is 69.6 Å². The molecule has 5 heteroatoms. The molecule has 1 amide bonds. The SMILES string of the molecule is CNCCCN(C)C(=O)C1C2C=CC(C2)C1C(=O)O. The first-order valence-electron chi connectivity index (χ1n) is 6.87. The van der Waals surface area contributed by atoms with Crippen LogP contribution in [0, 0.1) is 23.7 Å². The Morgan fingerprint density at radius 2 is 1.95 bits per heavy atom. The standard InChI is InChI=1S/C14H22N2O3/c1-15-6-3-7-16(2)13(17)11-9-4-5-10(8-9)12(11)14(18)19/h4-5,9-12,15H,3,6-8H2,1-2H3,(H,18,19). The van der Waals surface area contributed by atoms with Crippen LogP contribution in [-0.2, 0) is 9.59 Å². The normalized spacial score (nSPS) is 31.7. The summed E-state index contributed by atoms with van der Waals surface area (Å²) in [4.78, 5) is 25.5. The number of amides is 1. The minimum Gasteiger partial charge on any atom is -0.481 e. The molecule has 0 saturated heterocycles. The minimum atomic E-state index is -0.834. The second-order valence-corrected chi connectivity index (χ2v) is 5.56. The van der Waals surface area contributed by atoms with Crippen molar-refractivity contribution in [1.82, 2.24) is 10.2 Å². The third kappa shape index (κ3) is 2.66. The number of carbonyl (C=O) groups excluding carboxylic acids is 1. The summed E-state index contributed by atoms with van der Waals surface area (Å²) in [5.41, 5.74) is 0. The van der Waals surface area contributed by atoms with Crippen LogP contribution in [0.3, 0.4) is 0 Å². The summed E-state index contributed by atoms with van der Waals surface area (Å²) < 4.78 is 0. The molecule has 2 aliphatic carbocycles. The maximum atomic E-state index is 12.5. The van der Waals surface area contributed by atoms with E-state index in [9.17, 15) is 14.7 Å². The monoisotopic (exact) mass is 266 g/mol. The lowest BCUT2D eigenvalue weighted by Crippen LogP contribution is -2.41. The molecular weight excluding hydrogens is 244 g/mol. The highest BCUT2D eigenvalue weighted by Gasteiger charge is 2.52. The third-order valence-electron chi connectivity index (χ3n) is 4.33. The molecule has 4 unspecified atom stereocenters. The summed E-state index contributed by atoms with van der Waals surface area (Å²) in [6.45, 7) is 1.53. The molecule has 0 aromatic carbocycles. The van der Waals surface area contributed by atoms with Crippen molar-refractivity contribution in [2.45, 2.75) is 12.8 Å². The fourth-order valence-corrected chi connectivity index (χ4v) is 3.35. The van der Waals surface area contributed by atoms with E-state index in [0.29, 0.717) is 6.54 Å². The number of fused-ring (bicyclic) bond motifs is 2. The van der Waals surface area contributed by atoms with Crippen molar-refractivity contribution >= 4 is 11.9 Å². The molecule has 0 spiro atoms. The zero-order valence-electron chi connectivity index (χ0n) is 11.5. The molecule has 2 N–H and O–H groups in total. The number of carboxylic acid groups (broad SMARTS) is 1. The van der Waals surface area contributed by atoms with Crippen LogP contribution in [-0.4, -0.2) is 49.1 Å². The van der Waals surface area contributed by atoms with Crippen LogP contribution < -0.4 is 5.32 Å². The molecule has 1 saturated carbocycles. The van der Waals surface area contributed by atoms with E-state index in [2.05, 4.69) is 5.32 Å². The quantitative estimate of drug-likeness (QED) is 0.545. The van der Waals surface area contributed by atoms with Gasteiger partial charge in [0.25, 0.3) is 0 Å². The Morgan fingerprint density at radius 3 is 2.53 bits per heavy atom. The molecule has 0 aromatic rings. The van der Waals surface area contributed by atoms with Gasteiger partial charge < -0.3 is 15.3 Å². The fraction of sp³-hybridized carbons (Fsp3) is 0.714. The average Bonchev–Trinajstić information content (AvgIpc) is 2.97. The van der Waals surface area contributed by atoms with Gasteiger partial charge in [-0.3, -0.25) is 9.59 Å². The molecule has 4 atom stereocenters. The lowest BCUT2D eigenvalue weighted by molar-refractivity contribution is -0.150. The van der Waals surface area contributed by atoms with Crippen LogP contribution in [0.2, 0.25) is 0 Å². The summed E-state index contributed by atoms with van der Waals surface area (Å²) in [5.74, 6) is -1.59. The summed E-state index contributed by atoms with van der Waals surface area (Å²) in [6.07, 6.45) is 5.69. The van der Waals surface area contributed by atoms with E-state index in [-0.39, 0.29) is 23.7 Å². The zero-order valence-corrected chi connectivity index (χ0v) is 11.5.